The van der Waals surface area contributed by atoms with Gasteiger partial charge in [-0.3, -0.25) is 0 Å². The number of rotatable bonds is 5. The molecular weight excluding hydrogens is 178 g/mol. The highest BCUT2D eigenvalue weighted by atomic mass is 16.4. The topological polar surface area (TPSA) is 51.0 Å². The summed E-state index contributed by atoms with van der Waals surface area (Å²) in [6.07, 6.45) is 1.18. The summed E-state index contributed by atoms with van der Waals surface area (Å²) in [5.74, 6) is 1.95. The first-order valence-corrected chi connectivity index (χ1v) is 5.15. The molecule has 0 aliphatic carbocycles. The third-order valence-corrected chi connectivity index (χ3v) is 2.64. The van der Waals surface area contributed by atoms with Crippen molar-refractivity contribution in [1.82, 2.24) is 15.5 Å². The average Bonchev–Trinajstić information content (AvgIpc) is 2.59. The molecule has 4 nitrogen and oxygen atoms in total. The standard InChI is InChI=1S/C10H19N3O/c1-5-7(2)8(3)11-6-10-13-12-9(4)14-10/h7-8,11H,5-6H2,1-4H3. The minimum absolute atomic E-state index is 0.479. The van der Waals surface area contributed by atoms with Crippen LogP contribution in [0, 0.1) is 12.8 Å². The van der Waals surface area contributed by atoms with Crippen molar-refractivity contribution in [2.75, 3.05) is 0 Å². The van der Waals surface area contributed by atoms with E-state index in [9.17, 15) is 0 Å². The van der Waals surface area contributed by atoms with Crippen LogP contribution in [0.3, 0.4) is 0 Å². The molecule has 2 atom stereocenters. The second-order valence-electron chi connectivity index (χ2n) is 3.77. The van der Waals surface area contributed by atoms with E-state index in [1.165, 1.54) is 6.42 Å². The van der Waals surface area contributed by atoms with Crippen LogP contribution in [0.5, 0.6) is 0 Å². The zero-order valence-corrected chi connectivity index (χ0v) is 9.37. The number of hydrogen-bond donors (Lipinski definition) is 1. The van der Waals surface area contributed by atoms with Gasteiger partial charge in [0.05, 0.1) is 6.54 Å². The van der Waals surface area contributed by atoms with Gasteiger partial charge in [-0.1, -0.05) is 20.3 Å². The zero-order valence-electron chi connectivity index (χ0n) is 9.37. The van der Waals surface area contributed by atoms with Crippen LogP contribution in [-0.4, -0.2) is 16.2 Å². The van der Waals surface area contributed by atoms with Gasteiger partial charge in [-0.15, -0.1) is 10.2 Å². The number of hydrogen-bond acceptors (Lipinski definition) is 4. The monoisotopic (exact) mass is 197 g/mol. The van der Waals surface area contributed by atoms with E-state index in [0.29, 0.717) is 30.3 Å². The van der Waals surface area contributed by atoms with E-state index in [1.54, 1.807) is 6.92 Å². The molecule has 1 rings (SSSR count). The van der Waals surface area contributed by atoms with E-state index in [1.807, 2.05) is 0 Å². The number of nitrogens with one attached hydrogen (secondary N) is 1. The molecule has 1 heterocycles. The maximum Gasteiger partial charge on any atom is 0.230 e. The minimum atomic E-state index is 0.479. The normalized spacial score (nSPS) is 15.4. The molecule has 14 heavy (non-hydrogen) atoms. The fourth-order valence-electron chi connectivity index (χ4n) is 1.21. The molecule has 0 aliphatic heterocycles. The van der Waals surface area contributed by atoms with Crippen LogP contribution in [0.15, 0.2) is 4.42 Å². The summed E-state index contributed by atoms with van der Waals surface area (Å²) in [7, 11) is 0. The highest BCUT2D eigenvalue weighted by Gasteiger charge is 2.10. The average molecular weight is 197 g/mol. The second kappa shape index (κ2) is 5.10. The van der Waals surface area contributed by atoms with E-state index in [-0.39, 0.29) is 0 Å². The van der Waals surface area contributed by atoms with Gasteiger partial charge in [0.25, 0.3) is 0 Å². The van der Waals surface area contributed by atoms with Crippen LogP contribution in [0.25, 0.3) is 0 Å². The highest BCUT2D eigenvalue weighted by molar-refractivity contribution is 4.79. The van der Waals surface area contributed by atoms with E-state index in [2.05, 4.69) is 36.3 Å². The molecule has 4 heteroatoms. The fourth-order valence-corrected chi connectivity index (χ4v) is 1.21. The molecule has 0 aliphatic rings. The SMILES string of the molecule is CCC(C)C(C)NCc1nnc(C)o1. The Morgan fingerprint density at radius 1 is 1.36 bits per heavy atom. The van der Waals surface area contributed by atoms with Crippen molar-refractivity contribution in [2.24, 2.45) is 5.92 Å². The first kappa shape index (κ1) is 11.2. The summed E-state index contributed by atoms with van der Waals surface area (Å²) in [5, 5.41) is 11.1. The lowest BCUT2D eigenvalue weighted by Crippen LogP contribution is -2.31. The summed E-state index contributed by atoms with van der Waals surface area (Å²) in [5.41, 5.74) is 0. The van der Waals surface area contributed by atoms with Gasteiger partial charge in [-0.2, -0.15) is 0 Å². The predicted molar refractivity (Wildman–Crippen MR) is 54.8 cm³/mol. The Hall–Kier alpha value is -0.900. The minimum Gasteiger partial charge on any atom is -0.424 e. The van der Waals surface area contributed by atoms with Gasteiger partial charge in [0.1, 0.15) is 0 Å². The molecular formula is C10H19N3O. The molecule has 1 N–H and O–H groups in total. The van der Waals surface area contributed by atoms with E-state index < -0.39 is 0 Å². The van der Waals surface area contributed by atoms with Gasteiger partial charge >= 0.3 is 0 Å². The Morgan fingerprint density at radius 3 is 2.57 bits per heavy atom. The van der Waals surface area contributed by atoms with Crippen molar-refractivity contribution in [3.8, 4) is 0 Å². The molecule has 0 spiro atoms. The van der Waals surface area contributed by atoms with E-state index in [4.69, 9.17) is 4.42 Å². The van der Waals surface area contributed by atoms with Crippen LogP contribution in [0.4, 0.5) is 0 Å². The third kappa shape index (κ3) is 3.10. The van der Waals surface area contributed by atoms with Crippen molar-refractivity contribution < 1.29 is 4.42 Å². The Labute approximate surface area is 85.1 Å². The molecule has 0 aromatic carbocycles. The second-order valence-corrected chi connectivity index (χ2v) is 3.77. The molecule has 1 aromatic heterocycles. The van der Waals surface area contributed by atoms with Gasteiger partial charge in [-0.05, 0) is 12.8 Å². The molecule has 0 amide bonds. The fraction of sp³-hybridized carbons (Fsp3) is 0.800. The van der Waals surface area contributed by atoms with Gasteiger partial charge in [-0.25, -0.2) is 0 Å². The molecule has 0 saturated heterocycles. The van der Waals surface area contributed by atoms with Crippen molar-refractivity contribution in [3.63, 3.8) is 0 Å². The summed E-state index contributed by atoms with van der Waals surface area (Å²) in [6, 6.07) is 0.479. The van der Waals surface area contributed by atoms with Crippen molar-refractivity contribution in [1.29, 1.82) is 0 Å². The lowest BCUT2D eigenvalue weighted by Gasteiger charge is -2.18. The first-order chi connectivity index (χ1) is 6.63. The van der Waals surface area contributed by atoms with Gasteiger partial charge < -0.3 is 9.73 Å². The number of aryl methyl sites for hydroxylation is 1. The smallest absolute Gasteiger partial charge is 0.230 e. The van der Waals surface area contributed by atoms with Gasteiger partial charge in [0.15, 0.2) is 0 Å². The molecule has 2 unspecified atom stereocenters. The van der Waals surface area contributed by atoms with Crippen molar-refractivity contribution >= 4 is 0 Å². The number of nitrogens with zero attached hydrogens (tertiary/aromatic N) is 2. The maximum atomic E-state index is 5.26. The van der Waals surface area contributed by atoms with Crippen LogP contribution in [0.2, 0.25) is 0 Å². The number of aromatic nitrogens is 2. The third-order valence-electron chi connectivity index (χ3n) is 2.64. The maximum absolute atomic E-state index is 5.26. The molecule has 0 radical (unpaired) electrons. The van der Waals surface area contributed by atoms with Crippen LogP contribution < -0.4 is 5.32 Å². The zero-order chi connectivity index (χ0) is 10.6. The Bertz CT molecular complexity index is 272. The summed E-state index contributed by atoms with van der Waals surface area (Å²) < 4.78 is 5.26. The molecule has 0 fully saturated rings. The largest absolute Gasteiger partial charge is 0.424 e. The van der Waals surface area contributed by atoms with Crippen LogP contribution >= 0.6 is 0 Å². The first-order valence-electron chi connectivity index (χ1n) is 5.15. The summed E-state index contributed by atoms with van der Waals surface area (Å²) in [6.45, 7) is 9.06. The highest BCUT2D eigenvalue weighted by Crippen LogP contribution is 2.07. The lowest BCUT2D eigenvalue weighted by molar-refractivity contribution is 0.362. The molecule has 0 bridgehead atoms. The lowest BCUT2D eigenvalue weighted by atomic mass is 10.0. The Balaban J connectivity index is 2.33. The van der Waals surface area contributed by atoms with Crippen molar-refractivity contribution in [2.45, 2.75) is 46.7 Å². The van der Waals surface area contributed by atoms with Crippen LogP contribution in [-0.2, 0) is 6.54 Å². The van der Waals surface area contributed by atoms with Gasteiger partial charge in [0.2, 0.25) is 11.8 Å². The molecule has 0 saturated carbocycles. The molecule has 1 aromatic rings. The van der Waals surface area contributed by atoms with Gasteiger partial charge in [0, 0.05) is 13.0 Å². The van der Waals surface area contributed by atoms with E-state index in [0.717, 1.165) is 0 Å². The Morgan fingerprint density at radius 2 is 2.07 bits per heavy atom. The summed E-state index contributed by atoms with van der Waals surface area (Å²) >= 11 is 0. The Kier molecular flexibility index (Phi) is 4.07. The predicted octanol–water partition coefficient (Wildman–Crippen LogP) is 1.90. The molecule has 80 valence electrons. The quantitative estimate of drug-likeness (QED) is 0.783. The van der Waals surface area contributed by atoms with Crippen molar-refractivity contribution in [3.05, 3.63) is 11.8 Å². The van der Waals surface area contributed by atoms with E-state index >= 15 is 0 Å². The summed E-state index contributed by atoms with van der Waals surface area (Å²) in [4.78, 5) is 0. The van der Waals surface area contributed by atoms with Crippen LogP contribution in [0.1, 0.15) is 39.0 Å².